The van der Waals surface area contributed by atoms with Gasteiger partial charge in [-0.2, -0.15) is 5.10 Å². The molecule has 0 fully saturated rings. The molecule has 0 aliphatic heterocycles. The van der Waals surface area contributed by atoms with Crippen LogP contribution >= 0.6 is 15.9 Å². The fraction of sp³-hybridized carbons (Fsp3) is 0.222. The van der Waals surface area contributed by atoms with Crippen LogP contribution in [0.4, 0.5) is 0 Å². The Kier molecular flexibility index (Phi) is 6.97. The predicted molar refractivity (Wildman–Crippen MR) is 99.0 cm³/mol. The lowest BCUT2D eigenvalue weighted by atomic mass is 10.1. The molecule has 2 aromatic rings. The normalized spacial score (nSPS) is 12.0. The van der Waals surface area contributed by atoms with Crippen LogP contribution in [0, 0.1) is 0 Å². The van der Waals surface area contributed by atoms with E-state index in [1.807, 2.05) is 13.0 Å². The van der Waals surface area contributed by atoms with Gasteiger partial charge in [0.05, 0.1) is 24.4 Å². The van der Waals surface area contributed by atoms with E-state index in [9.17, 15) is 9.90 Å². The Balaban J connectivity index is 2.06. The number of nitrogens with zero attached hydrogens (tertiary/aromatic N) is 1. The largest absolute Gasteiger partial charge is 0.493 e. The summed E-state index contributed by atoms with van der Waals surface area (Å²) in [4.78, 5) is 11.9. The van der Waals surface area contributed by atoms with Gasteiger partial charge in [-0.25, -0.2) is 5.43 Å². The molecule has 6 nitrogen and oxygen atoms in total. The van der Waals surface area contributed by atoms with E-state index in [1.54, 1.807) is 43.5 Å². The minimum atomic E-state index is -1.28. The summed E-state index contributed by atoms with van der Waals surface area (Å²) in [6.45, 7) is 2.39. The van der Waals surface area contributed by atoms with Crippen LogP contribution in [-0.2, 0) is 4.79 Å². The lowest BCUT2D eigenvalue weighted by molar-refractivity contribution is -0.129. The molecule has 0 saturated heterocycles. The Labute approximate surface area is 154 Å². The molecule has 2 rings (SSSR count). The number of aliphatic hydroxyl groups excluding tert-OH is 1. The van der Waals surface area contributed by atoms with E-state index in [-0.39, 0.29) is 0 Å². The first-order chi connectivity index (χ1) is 12.1. The Hall–Kier alpha value is -2.38. The van der Waals surface area contributed by atoms with E-state index in [4.69, 9.17) is 9.47 Å². The quantitative estimate of drug-likeness (QED) is 0.546. The number of ether oxygens (including phenoxy) is 2. The van der Waals surface area contributed by atoms with Crippen molar-refractivity contribution in [2.75, 3.05) is 13.7 Å². The highest BCUT2D eigenvalue weighted by Gasteiger charge is 2.16. The Morgan fingerprint density at radius 2 is 2.08 bits per heavy atom. The highest BCUT2D eigenvalue weighted by Crippen LogP contribution is 2.36. The van der Waals surface area contributed by atoms with Crippen LogP contribution in [0.15, 0.2) is 52.0 Å². The van der Waals surface area contributed by atoms with Crippen LogP contribution in [0.3, 0.4) is 0 Å². The number of hydrogen-bond acceptors (Lipinski definition) is 5. The maximum atomic E-state index is 11.9. The summed E-state index contributed by atoms with van der Waals surface area (Å²) < 4.78 is 11.5. The fourth-order valence-electron chi connectivity index (χ4n) is 2.12. The second-order valence-electron chi connectivity index (χ2n) is 5.01. The smallest absolute Gasteiger partial charge is 0.273 e. The number of halogens is 1. The number of hydrazone groups is 1. The van der Waals surface area contributed by atoms with E-state index >= 15 is 0 Å². The molecule has 132 valence electrons. The van der Waals surface area contributed by atoms with Gasteiger partial charge in [0, 0.05) is 0 Å². The maximum Gasteiger partial charge on any atom is 0.273 e. The van der Waals surface area contributed by atoms with Gasteiger partial charge in [-0.1, -0.05) is 30.3 Å². The van der Waals surface area contributed by atoms with Crippen molar-refractivity contribution in [1.82, 2.24) is 5.43 Å². The topological polar surface area (TPSA) is 80.2 Å². The molecule has 0 radical (unpaired) electrons. The summed E-state index contributed by atoms with van der Waals surface area (Å²) in [5.74, 6) is 0.540. The predicted octanol–water partition coefficient (Wildman–Crippen LogP) is 3.04. The number of methoxy groups -OCH3 is 1. The van der Waals surface area contributed by atoms with Crippen LogP contribution in [0.1, 0.15) is 24.2 Å². The van der Waals surface area contributed by atoms with Crippen LogP contribution < -0.4 is 14.9 Å². The van der Waals surface area contributed by atoms with Crippen LogP contribution in [0.5, 0.6) is 11.5 Å². The first-order valence-corrected chi connectivity index (χ1v) is 8.42. The minimum absolute atomic E-state index is 0.501. The van der Waals surface area contributed by atoms with Crippen molar-refractivity contribution in [1.29, 1.82) is 0 Å². The van der Waals surface area contributed by atoms with Crippen molar-refractivity contribution in [2.45, 2.75) is 13.0 Å². The Morgan fingerprint density at radius 1 is 1.36 bits per heavy atom. The minimum Gasteiger partial charge on any atom is -0.493 e. The van der Waals surface area contributed by atoms with E-state index in [0.29, 0.717) is 33.7 Å². The maximum absolute atomic E-state index is 11.9. The molecular weight excluding hydrogens is 388 g/mol. The molecule has 0 spiro atoms. The lowest BCUT2D eigenvalue weighted by Gasteiger charge is -2.12. The van der Waals surface area contributed by atoms with Gasteiger partial charge in [0.1, 0.15) is 0 Å². The van der Waals surface area contributed by atoms with Gasteiger partial charge in [-0.15, -0.1) is 0 Å². The van der Waals surface area contributed by atoms with Crippen LogP contribution in [0.25, 0.3) is 0 Å². The molecule has 0 aromatic heterocycles. The van der Waals surface area contributed by atoms with Crippen molar-refractivity contribution in [3.63, 3.8) is 0 Å². The fourth-order valence-corrected chi connectivity index (χ4v) is 2.69. The molecule has 0 heterocycles. The molecule has 1 atom stereocenters. The molecule has 25 heavy (non-hydrogen) atoms. The molecule has 2 aromatic carbocycles. The van der Waals surface area contributed by atoms with Gasteiger partial charge in [0.25, 0.3) is 5.91 Å². The summed E-state index contributed by atoms with van der Waals surface area (Å²) in [6, 6.07) is 12.2. The molecule has 7 heteroatoms. The third-order valence-electron chi connectivity index (χ3n) is 3.29. The van der Waals surface area contributed by atoms with Crippen molar-refractivity contribution < 1.29 is 19.4 Å². The third kappa shape index (κ3) is 5.04. The Morgan fingerprint density at radius 3 is 2.72 bits per heavy atom. The van der Waals surface area contributed by atoms with Gasteiger partial charge < -0.3 is 14.6 Å². The van der Waals surface area contributed by atoms with Gasteiger partial charge in [0.15, 0.2) is 17.6 Å². The zero-order valence-corrected chi connectivity index (χ0v) is 15.5. The van der Waals surface area contributed by atoms with Crippen molar-refractivity contribution in [3.05, 3.63) is 58.1 Å². The molecule has 0 aliphatic rings. The molecule has 1 amide bonds. The summed E-state index contributed by atoms with van der Waals surface area (Å²) in [6.07, 6.45) is 0.179. The average Bonchev–Trinajstić information content (AvgIpc) is 2.63. The number of rotatable bonds is 7. The number of amides is 1. The molecule has 2 N–H and O–H groups in total. The van der Waals surface area contributed by atoms with Gasteiger partial charge >= 0.3 is 0 Å². The highest BCUT2D eigenvalue weighted by molar-refractivity contribution is 9.10. The van der Waals surface area contributed by atoms with Gasteiger partial charge in [-0.3, -0.25) is 4.79 Å². The lowest BCUT2D eigenvalue weighted by Crippen LogP contribution is -2.25. The SMILES string of the molecule is CCOc1c(Br)cc(/C=N\NC(=O)[C@H](O)c2ccccc2)cc1OC. The van der Waals surface area contributed by atoms with Crippen molar-refractivity contribution >= 4 is 28.1 Å². The standard InChI is InChI=1S/C18H19BrN2O4/c1-3-25-17-14(19)9-12(10-15(17)24-2)11-20-21-18(23)16(22)13-7-5-4-6-8-13/h4-11,16,22H,3H2,1-2H3,(H,21,23)/b20-11-/t16-/m1/s1. The first kappa shape index (κ1) is 19.0. The van der Waals surface area contributed by atoms with Crippen LogP contribution in [0.2, 0.25) is 0 Å². The zero-order valence-electron chi connectivity index (χ0n) is 13.9. The summed E-state index contributed by atoms with van der Waals surface area (Å²) in [7, 11) is 1.54. The number of carbonyl (C=O) groups is 1. The summed E-state index contributed by atoms with van der Waals surface area (Å²) in [5, 5.41) is 13.9. The highest BCUT2D eigenvalue weighted by atomic mass is 79.9. The summed E-state index contributed by atoms with van der Waals surface area (Å²) >= 11 is 3.42. The molecule has 0 bridgehead atoms. The van der Waals surface area contributed by atoms with Crippen molar-refractivity contribution in [2.24, 2.45) is 5.10 Å². The third-order valence-corrected chi connectivity index (χ3v) is 3.88. The van der Waals surface area contributed by atoms with E-state index in [2.05, 4.69) is 26.5 Å². The van der Waals surface area contributed by atoms with Gasteiger partial charge in [0.2, 0.25) is 0 Å². The number of aliphatic hydroxyl groups is 1. The molecule has 0 aliphatic carbocycles. The van der Waals surface area contributed by atoms with Crippen LogP contribution in [-0.4, -0.2) is 30.9 Å². The number of carbonyl (C=O) groups excluding carboxylic acids is 1. The van der Waals surface area contributed by atoms with E-state index in [0.717, 1.165) is 0 Å². The Bertz CT molecular complexity index is 750. The zero-order chi connectivity index (χ0) is 18.2. The second kappa shape index (κ2) is 9.19. The second-order valence-corrected chi connectivity index (χ2v) is 5.87. The monoisotopic (exact) mass is 406 g/mol. The number of hydrogen-bond donors (Lipinski definition) is 2. The average molecular weight is 407 g/mol. The first-order valence-electron chi connectivity index (χ1n) is 7.63. The van der Waals surface area contributed by atoms with E-state index in [1.165, 1.54) is 6.21 Å². The number of nitrogens with one attached hydrogen (secondary N) is 1. The van der Waals surface area contributed by atoms with Crippen molar-refractivity contribution in [3.8, 4) is 11.5 Å². The molecule has 0 saturated carbocycles. The summed E-state index contributed by atoms with van der Waals surface area (Å²) in [5.41, 5.74) is 3.52. The number of benzene rings is 2. The van der Waals surface area contributed by atoms with E-state index < -0.39 is 12.0 Å². The molecular formula is C18H19BrN2O4. The molecule has 0 unspecified atom stereocenters. The van der Waals surface area contributed by atoms with Gasteiger partial charge in [-0.05, 0) is 46.1 Å².